The van der Waals surface area contributed by atoms with Crippen molar-refractivity contribution >= 4 is 17.4 Å². The van der Waals surface area contributed by atoms with E-state index in [1.165, 1.54) is 27.7 Å². The fourth-order valence-electron chi connectivity index (χ4n) is 4.33. The largest absolute Gasteiger partial charge is 0.386 e. The van der Waals surface area contributed by atoms with Crippen LogP contribution in [0.4, 0.5) is 14.6 Å². The molecule has 2 aromatic heterocycles. The van der Waals surface area contributed by atoms with Crippen LogP contribution in [-0.2, 0) is 0 Å². The van der Waals surface area contributed by atoms with Crippen LogP contribution in [0.2, 0.25) is 0 Å². The summed E-state index contributed by atoms with van der Waals surface area (Å²) in [6.07, 6.45) is 2.30. The summed E-state index contributed by atoms with van der Waals surface area (Å²) >= 11 is 0. The third-order valence-corrected chi connectivity index (χ3v) is 5.71. The number of aromatic nitrogens is 3. The van der Waals surface area contributed by atoms with E-state index in [2.05, 4.69) is 10.1 Å². The van der Waals surface area contributed by atoms with E-state index >= 15 is 0 Å². The van der Waals surface area contributed by atoms with Crippen LogP contribution in [-0.4, -0.2) is 61.9 Å². The number of hydrogen-bond acceptors (Lipinski definition) is 5. The molecule has 0 radical (unpaired) electrons. The minimum Gasteiger partial charge on any atom is -0.386 e. The van der Waals surface area contributed by atoms with Crippen molar-refractivity contribution in [3.8, 4) is 0 Å². The summed E-state index contributed by atoms with van der Waals surface area (Å²) in [4.78, 5) is 20.7. The van der Waals surface area contributed by atoms with Gasteiger partial charge in [-0.25, -0.2) is 18.3 Å². The maximum absolute atomic E-state index is 14.3. The normalized spacial score (nSPS) is 23.1. The van der Waals surface area contributed by atoms with Crippen molar-refractivity contribution in [3.05, 3.63) is 59.7 Å². The molecule has 0 spiro atoms. The Morgan fingerprint density at radius 1 is 1.30 bits per heavy atom. The van der Waals surface area contributed by atoms with Crippen molar-refractivity contribution in [2.24, 2.45) is 0 Å². The Hall–Kier alpha value is -3.07. The lowest BCUT2D eigenvalue weighted by molar-refractivity contribution is -0.0668. The third-order valence-electron chi connectivity index (χ3n) is 5.71. The molecule has 5 rings (SSSR count). The topological polar surface area (TPSA) is 74.0 Å². The minimum atomic E-state index is -1.06. The maximum atomic E-state index is 14.3. The van der Waals surface area contributed by atoms with Gasteiger partial charge in [0.1, 0.15) is 23.4 Å². The zero-order valence-electron chi connectivity index (χ0n) is 16.4. The summed E-state index contributed by atoms with van der Waals surface area (Å²) in [5, 5.41) is 14.1. The number of aliphatic hydroxyl groups is 1. The predicted octanol–water partition coefficient (Wildman–Crippen LogP) is 2.36. The monoisotopic (exact) mass is 413 g/mol. The number of hydrogen-bond donors (Lipinski definition) is 1. The first-order valence-electron chi connectivity index (χ1n) is 9.83. The number of alkyl halides is 1. The van der Waals surface area contributed by atoms with E-state index in [1.807, 2.05) is 0 Å². The molecular formula is C21H21F2N5O2. The van der Waals surface area contributed by atoms with E-state index in [0.717, 1.165) is 0 Å². The fraction of sp³-hybridized carbons (Fsp3) is 0.381. The van der Waals surface area contributed by atoms with E-state index in [1.54, 1.807) is 36.2 Å². The molecule has 7 nitrogen and oxygen atoms in total. The highest BCUT2D eigenvalue weighted by molar-refractivity contribution is 6.00. The number of nitrogens with zero attached hydrogens (tertiary/aromatic N) is 5. The molecule has 0 saturated carbocycles. The van der Waals surface area contributed by atoms with Crippen molar-refractivity contribution in [3.63, 3.8) is 0 Å². The van der Waals surface area contributed by atoms with Crippen molar-refractivity contribution in [2.75, 3.05) is 24.5 Å². The molecule has 3 aromatic rings. The Labute approximate surface area is 171 Å². The quantitative estimate of drug-likeness (QED) is 0.714. The number of fused-ring (bicyclic) bond motifs is 1. The van der Waals surface area contributed by atoms with Gasteiger partial charge in [-0.2, -0.15) is 5.10 Å². The molecule has 4 heterocycles. The molecule has 2 saturated heterocycles. The number of rotatable bonds is 3. The summed E-state index contributed by atoms with van der Waals surface area (Å²) < 4.78 is 29.5. The van der Waals surface area contributed by atoms with Crippen molar-refractivity contribution in [1.29, 1.82) is 0 Å². The van der Waals surface area contributed by atoms with Gasteiger partial charge in [0.25, 0.3) is 5.91 Å². The highest BCUT2D eigenvalue weighted by atomic mass is 19.1. The van der Waals surface area contributed by atoms with Gasteiger partial charge < -0.3 is 14.9 Å². The van der Waals surface area contributed by atoms with Crippen LogP contribution < -0.4 is 4.90 Å². The van der Waals surface area contributed by atoms with Gasteiger partial charge in [-0.1, -0.05) is 12.1 Å². The van der Waals surface area contributed by atoms with Crippen molar-refractivity contribution < 1.29 is 18.7 Å². The van der Waals surface area contributed by atoms with Gasteiger partial charge in [0.15, 0.2) is 5.65 Å². The van der Waals surface area contributed by atoms with Crippen molar-refractivity contribution in [1.82, 2.24) is 19.5 Å². The van der Waals surface area contributed by atoms with Crippen LogP contribution in [0.1, 0.15) is 35.3 Å². The maximum Gasteiger partial charge on any atom is 0.259 e. The third kappa shape index (κ3) is 3.19. The molecular weight excluding hydrogens is 392 g/mol. The fourth-order valence-corrected chi connectivity index (χ4v) is 4.33. The average molecular weight is 413 g/mol. The number of β-amino-alcohol motifs (C(OH)–C–C–N with tert-alkyl or cyclic N) is 1. The van der Waals surface area contributed by atoms with Crippen LogP contribution in [0.15, 0.2) is 42.7 Å². The number of amides is 1. The summed E-state index contributed by atoms with van der Waals surface area (Å²) in [6, 6.07) is 7.53. The Morgan fingerprint density at radius 2 is 2.10 bits per heavy atom. The van der Waals surface area contributed by atoms with Gasteiger partial charge >= 0.3 is 0 Å². The van der Waals surface area contributed by atoms with Crippen LogP contribution in [0.3, 0.4) is 0 Å². The number of carbonyl (C=O) groups is 1. The van der Waals surface area contributed by atoms with Gasteiger partial charge in [-0.3, -0.25) is 4.79 Å². The first-order valence-corrected chi connectivity index (χ1v) is 9.83. The molecule has 30 heavy (non-hydrogen) atoms. The molecule has 2 aliphatic rings. The van der Waals surface area contributed by atoms with Crippen LogP contribution in [0.5, 0.6) is 0 Å². The highest BCUT2D eigenvalue weighted by Gasteiger charge is 2.41. The molecule has 9 heteroatoms. The Morgan fingerprint density at radius 3 is 2.83 bits per heavy atom. The van der Waals surface area contributed by atoms with E-state index in [9.17, 15) is 18.7 Å². The Balaban J connectivity index is 1.49. The number of likely N-dealkylation sites (tertiary alicyclic amines) is 1. The number of carbonyl (C=O) groups excluding carboxylic acids is 1. The number of anilines is 1. The molecule has 2 fully saturated rings. The molecule has 0 unspecified atom stereocenters. The minimum absolute atomic E-state index is 0.136. The highest BCUT2D eigenvalue weighted by Crippen LogP contribution is 2.37. The first kappa shape index (κ1) is 18.9. The van der Waals surface area contributed by atoms with Gasteiger partial charge in [0.2, 0.25) is 0 Å². The summed E-state index contributed by atoms with van der Waals surface area (Å²) in [5.41, 5.74) is 0.501. The van der Waals surface area contributed by atoms with Crippen molar-refractivity contribution in [2.45, 2.75) is 31.2 Å². The lowest BCUT2D eigenvalue weighted by Crippen LogP contribution is -2.61. The standard InChI is InChI=1S/C21H21F2N5O2/c1-21(30)11-26(12-21)20(29)16-9-24-28-6-5-18(25-19(16)28)27-10-15(23)8-17(27)13-3-2-4-14(22)7-13/h2-7,9,15,17,30H,8,10-12H2,1H3/t15-,17+/m0/s1. The SMILES string of the molecule is CC1(O)CN(C(=O)c2cnn3ccc(N4C[C@@H](F)C[C@@H]4c4cccc(F)c4)nc23)C1. The lowest BCUT2D eigenvalue weighted by atomic mass is 9.96. The second-order valence-corrected chi connectivity index (χ2v) is 8.33. The van der Waals surface area contributed by atoms with Crippen LogP contribution >= 0.6 is 0 Å². The smallest absolute Gasteiger partial charge is 0.259 e. The molecule has 1 N–H and O–H groups in total. The second kappa shape index (κ2) is 6.73. The molecule has 0 aliphatic carbocycles. The lowest BCUT2D eigenvalue weighted by Gasteiger charge is -2.43. The summed E-state index contributed by atoms with van der Waals surface area (Å²) in [7, 11) is 0. The molecule has 0 bridgehead atoms. The Kier molecular flexibility index (Phi) is 4.25. The first-order chi connectivity index (χ1) is 14.3. The number of halogens is 2. The number of benzene rings is 1. The molecule has 1 amide bonds. The van der Waals surface area contributed by atoms with Gasteiger partial charge in [-0.05, 0) is 30.7 Å². The van der Waals surface area contributed by atoms with E-state index in [0.29, 0.717) is 22.6 Å². The van der Waals surface area contributed by atoms with Gasteiger partial charge in [0.05, 0.1) is 37.5 Å². The van der Waals surface area contributed by atoms with Crippen LogP contribution in [0, 0.1) is 5.82 Å². The average Bonchev–Trinajstić information content (AvgIpc) is 3.28. The van der Waals surface area contributed by atoms with Gasteiger partial charge in [0, 0.05) is 12.6 Å². The van der Waals surface area contributed by atoms with E-state index < -0.39 is 11.8 Å². The van der Waals surface area contributed by atoms with Gasteiger partial charge in [-0.15, -0.1) is 0 Å². The van der Waals surface area contributed by atoms with E-state index in [4.69, 9.17) is 0 Å². The molecule has 1 aromatic carbocycles. The van der Waals surface area contributed by atoms with E-state index in [-0.39, 0.29) is 43.8 Å². The molecule has 156 valence electrons. The summed E-state index contributed by atoms with van der Waals surface area (Å²) in [5.74, 6) is -0.123. The molecule has 2 atom stereocenters. The summed E-state index contributed by atoms with van der Waals surface area (Å²) in [6.45, 7) is 2.31. The van der Waals surface area contributed by atoms with Crippen LogP contribution in [0.25, 0.3) is 5.65 Å². The zero-order chi connectivity index (χ0) is 21.0. The zero-order valence-corrected chi connectivity index (χ0v) is 16.4. The second-order valence-electron chi connectivity index (χ2n) is 8.33. The predicted molar refractivity (Wildman–Crippen MR) is 106 cm³/mol. The molecule has 2 aliphatic heterocycles. The Bertz CT molecular complexity index is 1120.